The van der Waals surface area contributed by atoms with Crippen molar-refractivity contribution in [3.05, 3.63) is 76.7 Å². The molecule has 2 heterocycles. The lowest BCUT2D eigenvalue weighted by Gasteiger charge is -2.27. The van der Waals surface area contributed by atoms with Gasteiger partial charge in [-0.2, -0.15) is 4.98 Å². The molecule has 0 aliphatic carbocycles. The number of allylic oxidation sites excluding steroid dienone is 1. The second-order valence-electron chi connectivity index (χ2n) is 6.50. The Morgan fingerprint density at radius 3 is 2.52 bits per heavy atom. The fraction of sp³-hybridized carbons (Fsp3) is 0.150. The standard InChI is InChI=1S/C20H18FN5O/c1-11-5-3-4-6-15(11)19-24-20-23-12(2)16(18(22)27)17(26(20)25-19)13-7-9-14(21)10-8-13/h3-10,17H,1-2H3,(H2,22,27)(H,23,24,25). The maximum atomic E-state index is 13.4. The number of nitrogens with two attached hydrogens (primary N) is 1. The predicted octanol–water partition coefficient (Wildman–Crippen LogP) is 3.17. The summed E-state index contributed by atoms with van der Waals surface area (Å²) in [6.07, 6.45) is 0. The first-order valence-electron chi connectivity index (χ1n) is 8.51. The lowest BCUT2D eigenvalue weighted by Crippen LogP contribution is -2.31. The topological polar surface area (TPSA) is 85.8 Å². The van der Waals surface area contributed by atoms with Crippen LogP contribution in [-0.4, -0.2) is 20.7 Å². The average Bonchev–Trinajstić information content (AvgIpc) is 3.04. The van der Waals surface area contributed by atoms with Gasteiger partial charge >= 0.3 is 0 Å². The van der Waals surface area contributed by atoms with Crippen LogP contribution >= 0.6 is 0 Å². The third-order valence-electron chi connectivity index (χ3n) is 4.69. The van der Waals surface area contributed by atoms with Crippen LogP contribution in [0, 0.1) is 12.7 Å². The van der Waals surface area contributed by atoms with E-state index in [2.05, 4.69) is 15.4 Å². The molecule has 1 unspecified atom stereocenters. The number of hydrogen-bond acceptors (Lipinski definition) is 4. The fourth-order valence-electron chi connectivity index (χ4n) is 3.36. The van der Waals surface area contributed by atoms with Gasteiger partial charge in [-0.05, 0) is 37.1 Å². The second kappa shape index (κ2) is 6.35. The van der Waals surface area contributed by atoms with Crippen LogP contribution in [-0.2, 0) is 4.79 Å². The SMILES string of the molecule is CC1=C(C(N)=O)C(c2ccc(F)cc2)n2nc(-c3ccccc3C)nc2N1. The number of rotatable bonds is 3. The predicted molar refractivity (Wildman–Crippen MR) is 100 cm³/mol. The number of aromatic nitrogens is 3. The molecule has 0 bridgehead atoms. The number of anilines is 1. The Hall–Kier alpha value is -3.48. The van der Waals surface area contributed by atoms with Gasteiger partial charge in [0.15, 0.2) is 5.82 Å². The molecule has 0 spiro atoms. The fourth-order valence-corrected chi connectivity index (χ4v) is 3.36. The number of fused-ring (bicyclic) bond motifs is 1. The van der Waals surface area contributed by atoms with Crippen molar-refractivity contribution in [3.63, 3.8) is 0 Å². The molecule has 3 N–H and O–H groups in total. The molecule has 1 atom stereocenters. The van der Waals surface area contributed by atoms with E-state index in [0.29, 0.717) is 28.6 Å². The van der Waals surface area contributed by atoms with Crippen LogP contribution in [0.15, 0.2) is 59.8 Å². The number of amides is 1. The zero-order valence-corrected chi connectivity index (χ0v) is 14.9. The Kier molecular flexibility index (Phi) is 3.99. The van der Waals surface area contributed by atoms with E-state index < -0.39 is 11.9 Å². The van der Waals surface area contributed by atoms with Gasteiger partial charge in [0.2, 0.25) is 11.9 Å². The molecule has 1 aromatic heterocycles. The van der Waals surface area contributed by atoms with Crippen molar-refractivity contribution >= 4 is 11.9 Å². The highest BCUT2D eigenvalue weighted by atomic mass is 19.1. The maximum absolute atomic E-state index is 13.4. The Morgan fingerprint density at radius 2 is 1.85 bits per heavy atom. The molecule has 1 aliphatic rings. The minimum absolute atomic E-state index is 0.353. The molecule has 6 nitrogen and oxygen atoms in total. The minimum atomic E-state index is -0.579. The van der Waals surface area contributed by atoms with Crippen LogP contribution in [0.2, 0.25) is 0 Å². The van der Waals surface area contributed by atoms with Gasteiger partial charge in [0, 0.05) is 11.3 Å². The third-order valence-corrected chi connectivity index (χ3v) is 4.69. The minimum Gasteiger partial charge on any atom is -0.366 e. The van der Waals surface area contributed by atoms with Crippen LogP contribution in [0.1, 0.15) is 24.1 Å². The number of nitrogens with zero attached hydrogens (tertiary/aromatic N) is 3. The first-order valence-corrected chi connectivity index (χ1v) is 8.51. The highest BCUT2D eigenvalue weighted by Crippen LogP contribution is 2.36. The Morgan fingerprint density at radius 1 is 1.15 bits per heavy atom. The summed E-state index contributed by atoms with van der Waals surface area (Å²) in [7, 11) is 0. The molecular formula is C20H18FN5O. The lowest BCUT2D eigenvalue weighted by molar-refractivity contribution is -0.115. The molecule has 27 heavy (non-hydrogen) atoms. The van der Waals surface area contributed by atoms with Gasteiger partial charge in [-0.25, -0.2) is 9.07 Å². The van der Waals surface area contributed by atoms with E-state index in [9.17, 15) is 9.18 Å². The summed E-state index contributed by atoms with van der Waals surface area (Å²) in [5.74, 6) is 0.132. The first kappa shape index (κ1) is 17.0. The average molecular weight is 363 g/mol. The third kappa shape index (κ3) is 2.87. The quantitative estimate of drug-likeness (QED) is 0.748. The van der Waals surface area contributed by atoms with E-state index in [0.717, 1.165) is 11.1 Å². The van der Waals surface area contributed by atoms with Crippen LogP contribution < -0.4 is 11.1 Å². The number of aryl methyl sites for hydroxylation is 1. The molecule has 7 heteroatoms. The molecule has 0 saturated carbocycles. The van der Waals surface area contributed by atoms with Crippen molar-refractivity contribution in [1.82, 2.24) is 14.8 Å². The molecule has 136 valence electrons. The lowest BCUT2D eigenvalue weighted by atomic mass is 9.95. The monoisotopic (exact) mass is 363 g/mol. The van der Waals surface area contributed by atoms with Gasteiger partial charge in [0.25, 0.3) is 0 Å². The molecule has 2 aromatic carbocycles. The molecule has 3 aromatic rings. The summed E-state index contributed by atoms with van der Waals surface area (Å²) in [5.41, 5.74) is 9.26. The molecule has 0 fully saturated rings. The van der Waals surface area contributed by atoms with Crippen molar-refractivity contribution in [3.8, 4) is 11.4 Å². The number of halogens is 1. The first-order chi connectivity index (χ1) is 13.0. The number of carbonyl (C=O) groups excluding carboxylic acids is 1. The van der Waals surface area contributed by atoms with E-state index >= 15 is 0 Å². The van der Waals surface area contributed by atoms with E-state index in [4.69, 9.17) is 5.73 Å². The normalized spacial score (nSPS) is 16.0. The van der Waals surface area contributed by atoms with Gasteiger partial charge < -0.3 is 11.1 Å². The Bertz CT molecular complexity index is 1070. The van der Waals surface area contributed by atoms with Crippen LogP contribution in [0.5, 0.6) is 0 Å². The summed E-state index contributed by atoms with van der Waals surface area (Å²) in [6.45, 7) is 3.75. The molecular weight excluding hydrogens is 345 g/mol. The van der Waals surface area contributed by atoms with Crippen molar-refractivity contribution in [2.45, 2.75) is 19.9 Å². The highest BCUT2D eigenvalue weighted by molar-refractivity contribution is 5.95. The van der Waals surface area contributed by atoms with E-state index in [1.807, 2.05) is 31.2 Å². The summed E-state index contributed by atoms with van der Waals surface area (Å²) < 4.78 is 15.0. The van der Waals surface area contributed by atoms with Crippen molar-refractivity contribution in [2.75, 3.05) is 5.32 Å². The Balaban J connectivity index is 1.90. The largest absolute Gasteiger partial charge is 0.366 e. The van der Waals surface area contributed by atoms with Crippen LogP contribution in [0.3, 0.4) is 0 Å². The molecule has 0 saturated heterocycles. The van der Waals surface area contributed by atoms with E-state index in [1.165, 1.54) is 12.1 Å². The van der Waals surface area contributed by atoms with E-state index in [1.54, 1.807) is 23.7 Å². The molecule has 1 amide bonds. The molecule has 4 rings (SSSR count). The zero-order valence-electron chi connectivity index (χ0n) is 14.9. The number of nitrogens with one attached hydrogen (secondary N) is 1. The van der Waals surface area contributed by atoms with Crippen molar-refractivity contribution in [1.29, 1.82) is 0 Å². The van der Waals surface area contributed by atoms with Crippen molar-refractivity contribution in [2.24, 2.45) is 5.73 Å². The smallest absolute Gasteiger partial charge is 0.248 e. The van der Waals surface area contributed by atoms with Crippen molar-refractivity contribution < 1.29 is 9.18 Å². The molecule has 0 radical (unpaired) electrons. The van der Waals surface area contributed by atoms with Gasteiger partial charge in [-0.3, -0.25) is 4.79 Å². The number of carbonyl (C=O) groups is 1. The van der Waals surface area contributed by atoms with Crippen LogP contribution in [0.4, 0.5) is 10.3 Å². The van der Waals surface area contributed by atoms with Gasteiger partial charge in [-0.1, -0.05) is 36.4 Å². The number of benzene rings is 2. The Labute approximate surface area is 155 Å². The van der Waals surface area contributed by atoms with Gasteiger partial charge in [-0.15, -0.1) is 5.10 Å². The maximum Gasteiger partial charge on any atom is 0.248 e. The summed E-state index contributed by atoms with van der Waals surface area (Å²) in [4.78, 5) is 16.7. The highest BCUT2D eigenvalue weighted by Gasteiger charge is 2.33. The number of hydrogen-bond donors (Lipinski definition) is 2. The number of primary amides is 1. The van der Waals surface area contributed by atoms with Gasteiger partial charge in [0.05, 0.1) is 5.57 Å². The second-order valence-corrected chi connectivity index (χ2v) is 6.50. The summed E-state index contributed by atoms with van der Waals surface area (Å²) >= 11 is 0. The summed E-state index contributed by atoms with van der Waals surface area (Å²) in [6, 6.07) is 13.2. The van der Waals surface area contributed by atoms with Gasteiger partial charge in [0.1, 0.15) is 11.9 Å². The van der Waals surface area contributed by atoms with E-state index in [-0.39, 0.29) is 5.82 Å². The molecule has 1 aliphatic heterocycles. The zero-order chi connectivity index (χ0) is 19.1. The van der Waals surface area contributed by atoms with Crippen LogP contribution in [0.25, 0.3) is 11.4 Å². The summed E-state index contributed by atoms with van der Waals surface area (Å²) in [5, 5.41) is 7.74.